The van der Waals surface area contributed by atoms with E-state index >= 15 is 0 Å². The molecule has 1 aliphatic rings. The Hall–Kier alpha value is -0.900. The van der Waals surface area contributed by atoms with Crippen LogP contribution < -0.4 is 5.32 Å². The lowest BCUT2D eigenvalue weighted by molar-refractivity contribution is 0.0417. The smallest absolute Gasteiger partial charge is 0.0949 e. The Bertz CT molecular complexity index is 369. The summed E-state index contributed by atoms with van der Waals surface area (Å²) in [7, 11) is 2.23. The molecule has 2 unspecified atom stereocenters. The van der Waals surface area contributed by atoms with Crippen molar-refractivity contribution in [2.75, 3.05) is 33.3 Å². The summed E-state index contributed by atoms with van der Waals surface area (Å²) in [6.07, 6.45) is 3.97. The molecule has 2 rings (SSSR count). The van der Waals surface area contributed by atoms with E-state index in [2.05, 4.69) is 54.5 Å². The van der Waals surface area contributed by atoms with Crippen LogP contribution in [0.15, 0.2) is 30.3 Å². The molecular weight excluding hydrogens is 248 g/mol. The maximum absolute atomic E-state index is 6.15. The van der Waals surface area contributed by atoms with Gasteiger partial charge in [-0.15, -0.1) is 0 Å². The van der Waals surface area contributed by atoms with Crippen molar-refractivity contribution in [1.82, 2.24) is 10.2 Å². The highest BCUT2D eigenvalue weighted by Crippen LogP contribution is 2.20. The summed E-state index contributed by atoms with van der Waals surface area (Å²) in [5.74, 6) is 0. The van der Waals surface area contributed by atoms with Gasteiger partial charge in [-0.05, 0) is 45.0 Å². The molecular formula is C17H28N2O. The van der Waals surface area contributed by atoms with Crippen molar-refractivity contribution in [1.29, 1.82) is 0 Å². The fourth-order valence-electron chi connectivity index (χ4n) is 2.91. The lowest BCUT2D eigenvalue weighted by atomic mass is 10.1. The van der Waals surface area contributed by atoms with E-state index in [4.69, 9.17) is 4.74 Å². The minimum atomic E-state index is 0.169. The number of nitrogens with zero attached hydrogens (tertiary/aromatic N) is 1. The second kappa shape index (κ2) is 8.40. The highest BCUT2D eigenvalue weighted by atomic mass is 16.5. The molecule has 20 heavy (non-hydrogen) atoms. The maximum atomic E-state index is 6.15. The highest BCUT2D eigenvalue weighted by Gasteiger charge is 2.21. The molecule has 1 aromatic carbocycles. The van der Waals surface area contributed by atoms with E-state index in [0.29, 0.717) is 6.04 Å². The fraction of sp³-hybridized carbons (Fsp3) is 0.647. The van der Waals surface area contributed by atoms with Crippen molar-refractivity contribution >= 4 is 0 Å². The zero-order chi connectivity index (χ0) is 14.2. The number of likely N-dealkylation sites (tertiary alicyclic amines) is 1. The van der Waals surface area contributed by atoms with Gasteiger partial charge in [-0.1, -0.05) is 37.3 Å². The zero-order valence-corrected chi connectivity index (χ0v) is 12.8. The molecule has 0 spiro atoms. The maximum Gasteiger partial charge on any atom is 0.0949 e. The summed E-state index contributed by atoms with van der Waals surface area (Å²) in [4.78, 5) is 2.46. The summed E-state index contributed by atoms with van der Waals surface area (Å²) in [5, 5.41) is 3.40. The quantitative estimate of drug-likeness (QED) is 0.790. The van der Waals surface area contributed by atoms with Crippen molar-refractivity contribution in [3.63, 3.8) is 0 Å². The van der Waals surface area contributed by atoms with Crippen LogP contribution >= 0.6 is 0 Å². The van der Waals surface area contributed by atoms with Crippen LogP contribution in [0.1, 0.15) is 37.9 Å². The number of hydrogen-bond acceptors (Lipinski definition) is 3. The molecule has 1 heterocycles. The molecule has 1 fully saturated rings. The highest BCUT2D eigenvalue weighted by molar-refractivity contribution is 5.17. The number of likely N-dealkylation sites (N-methyl/N-ethyl adjacent to an activating group) is 1. The second-order valence-corrected chi connectivity index (χ2v) is 5.64. The normalized spacial score (nSPS) is 21.2. The van der Waals surface area contributed by atoms with Gasteiger partial charge >= 0.3 is 0 Å². The van der Waals surface area contributed by atoms with Gasteiger partial charge in [0.15, 0.2) is 0 Å². The van der Waals surface area contributed by atoms with Gasteiger partial charge in [-0.2, -0.15) is 0 Å². The van der Waals surface area contributed by atoms with E-state index in [0.717, 1.165) is 26.1 Å². The summed E-state index contributed by atoms with van der Waals surface area (Å²) in [5.41, 5.74) is 1.27. The standard InChI is InChI=1S/C17H28N2O/c1-3-18-14-17(15-8-5-4-6-9-15)20-13-11-16-10-7-12-19(16)2/h4-6,8-9,16-18H,3,7,10-14H2,1-2H3. The fourth-order valence-corrected chi connectivity index (χ4v) is 2.91. The van der Waals surface area contributed by atoms with Crippen LogP contribution in [0.4, 0.5) is 0 Å². The van der Waals surface area contributed by atoms with Crippen LogP contribution in [0, 0.1) is 0 Å². The Morgan fingerprint density at radius 3 is 2.80 bits per heavy atom. The molecule has 0 radical (unpaired) electrons. The third-order valence-electron chi connectivity index (χ3n) is 4.19. The predicted octanol–water partition coefficient (Wildman–Crippen LogP) is 2.84. The average molecular weight is 276 g/mol. The van der Waals surface area contributed by atoms with E-state index in [-0.39, 0.29) is 6.10 Å². The van der Waals surface area contributed by atoms with E-state index < -0.39 is 0 Å². The molecule has 3 heteroatoms. The molecule has 2 atom stereocenters. The van der Waals surface area contributed by atoms with Crippen molar-refractivity contribution in [3.05, 3.63) is 35.9 Å². The van der Waals surface area contributed by atoms with Gasteiger partial charge < -0.3 is 15.0 Å². The van der Waals surface area contributed by atoms with Crippen LogP contribution in [0.2, 0.25) is 0 Å². The Kier molecular flexibility index (Phi) is 6.51. The largest absolute Gasteiger partial charge is 0.372 e. The number of nitrogens with one attached hydrogen (secondary N) is 1. The Labute approximate surface area is 123 Å². The minimum absolute atomic E-state index is 0.169. The molecule has 3 nitrogen and oxygen atoms in total. The van der Waals surface area contributed by atoms with Crippen LogP contribution in [0.5, 0.6) is 0 Å². The van der Waals surface area contributed by atoms with Crippen LogP contribution in [-0.4, -0.2) is 44.2 Å². The molecule has 112 valence electrons. The lowest BCUT2D eigenvalue weighted by Gasteiger charge is -2.22. The molecule has 1 saturated heterocycles. The molecule has 0 saturated carbocycles. The van der Waals surface area contributed by atoms with Gasteiger partial charge in [-0.3, -0.25) is 0 Å². The minimum Gasteiger partial charge on any atom is -0.372 e. The molecule has 0 bridgehead atoms. The van der Waals surface area contributed by atoms with Crippen molar-refractivity contribution in [2.45, 2.75) is 38.3 Å². The monoisotopic (exact) mass is 276 g/mol. The van der Waals surface area contributed by atoms with Crippen LogP contribution in [0.3, 0.4) is 0 Å². The van der Waals surface area contributed by atoms with E-state index in [1.807, 2.05) is 0 Å². The lowest BCUT2D eigenvalue weighted by Crippen LogP contribution is -2.28. The third-order valence-corrected chi connectivity index (χ3v) is 4.19. The Balaban J connectivity index is 1.81. The molecule has 0 aromatic heterocycles. The van der Waals surface area contributed by atoms with Gasteiger partial charge in [0.25, 0.3) is 0 Å². The Morgan fingerprint density at radius 1 is 1.35 bits per heavy atom. The molecule has 1 N–H and O–H groups in total. The van der Waals surface area contributed by atoms with Crippen LogP contribution in [-0.2, 0) is 4.74 Å². The molecule has 0 amide bonds. The summed E-state index contributed by atoms with van der Waals surface area (Å²) < 4.78 is 6.15. The van der Waals surface area contributed by atoms with Gasteiger partial charge in [0, 0.05) is 19.2 Å². The van der Waals surface area contributed by atoms with Gasteiger partial charge in [-0.25, -0.2) is 0 Å². The summed E-state index contributed by atoms with van der Waals surface area (Å²) >= 11 is 0. The first kappa shape index (κ1) is 15.5. The first-order valence-corrected chi connectivity index (χ1v) is 7.88. The average Bonchev–Trinajstić information content (AvgIpc) is 2.89. The van der Waals surface area contributed by atoms with Gasteiger partial charge in [0.1, 0.15) is 0 Å². The first-order chi connectivity index (χ1) is 9.81. The van der Waals surface area contributed by atoms with Crippen molar-refractivity contribution in [3.8, 4) is 0 Å². The van der Waals surface area contributed by atoms with Gasteiger partial charge in [0.05, 0.1) is 6.10 Å². The number of ether oxygens (including phenoxy) is 1. The zero-order valence-electron chi connectivity index (χ0n) is 12.8. The van der Waals surface area contributed by atoms with Gasteiger partial charge in [0.2, 0.25) is 0 Å². The van der Waals surface area contributed by atoms with Crippen molar-refractivity contribution < 1.29 is 4.74 Å². The molecule has 1 aromatic rings. The van der Waals surface area contributed by atoms with Crippen LogP contribution in [0.25, 0.3) is 0 Å². The molecule has 0 aliphatic carbocycles. The summed E-state index contributed by atoms with van der Waals surface area (Å²) in [6.45, 7) is 6.10. The predicted molar refractivity (Wildman–Crippen MR) is 83.9 cm³/mol. The SMILES string of the molecule is CCNCC(OCCC1CCCN1C)c1ccccc1. The number of rotatable bonds is 8. The van der Waals surface area contributed by atoms with E-state index in [9.17, 15) is 0 Å². The second-order valence-electron chi connectivity index (χ2n) is 5.64. The number of benzene rings is 1. The third kappa shape index (κ3) is 4.58. The van der Waals surface area contributed by atoms with E-state index in [1.165, 1.54) is 24.9 Å². The topological polar surface area (TPSA) is 24.5 Å². The van der Waals surface area contributed by atoms with E-state index in [1.54, 1.807) is 0 Å². The van der Waals surface area contributed by atoms with Crippen molar-refractivity contribution in [2.24, 2.45) is 0 Å². The first-order valence-electron chi connectivity index (χ1n) is 7.88. The number of hydrogen-bond donors (Lipinski definition) is 1. The Morgan fingerprint density at radius 2 is 2.15 bits per heavy atom. The molecule has 1 aliphatic heterocycles. The summed E-state index contributed by atoms with van der Waals surface area (Å²) in [6, 6.07) is 11.3.